The standard InChI is InChI=1S/C13H26N3O/c1-14-6-8-15(9-7-14)4-2-3-5-16-10-12-17-13-11-16/h5H,2-4,6-13H2,1H3. The molecule has 0 amide bonds. The molecule has 17 heavy (non-hydrogen) atoms. The topological polar surface area (TPSA) is 19.0 Å². The Hall–Kier alpha value is -0.160. The average molecular weight is 240 g/mol. The van der Waals surface area contributed by atoms with Gasteiger partial charge in [0.2, 0.25) is 0 Å². The predicted octanol–water partition coefficient (Wildman–Crippen LogP) is 0.508. The van der Waals surface area contributed by atoms with E-state index in [1.165, 1.54) is 45.6 Å². The van der Waals surface area contributed by atoms with Crippen molar-refractivity contribution in [3.8, 4) is 0 Å². The average Bonchev–Trinajstić information content (AvgIpc) is 2.38. The van der Waals surface area contributed by atoms with E-state index in [-0.39, 0.29) is 0 Å². The molecule has 2 rings (SSSR count). The fraction of sp³-hybridized carbons (Fsp3) is 0.923. The lowest BCUT2D eigenvalue weighted by Crippen LogP contribution is -2.44. The summed E-state index contributed by atoms with van der Waals surface area (Å²) in [6, 6.07) is 0. The van der Waals surface area contributed by atoms with Crippen molar-refractivity contribution in [3.63, 3.8) is 0 Å². The van der Waals surface area contributed by atoms with E-state index in [4.69, 9.17) is 4.74 Å². The first-order chi connectivity index (χ1) is 8.34. The summed E-state index contributed by atoms with van der Waals surface area (Å²) < 4.78 is 5.34. The van der Waals surface area contributed by atoms with Gasteiger partial charge in [0.15, 0.2) is 0 Å². The van der Waals surface area contributed by atoms with E-state index in [9.17, 15) is 0 Å². The van der Waals surface area contributed by atoms with E-state index in [0.29, 0.717) is 0 Å². The van der Waals surface area contributed by atoms with Crippen LogP contribution in [0.5, 0.6) is 0 Å². The van der Waals surface area contributed by atoms with Gasteiger partial charge in [-0.3, -0.25) is 4.90 Å². The summed E-state index contributed by atoms with van der Waals surface area (Å²) in [5.41, 5.74) is 0. The van der Waals surface area contributed by atoms with Crippen LogP contribution in [0.1, 0.15) is 12.8 Å². The van der Waals surface area contributed by atoms with Crippen LogP contribution in [0.3, 0.4) is 0 Å². The van der Waals surface area contributed by atoms with E-state index in [2.05, 4.69) is 28.3 Å². The van der Waals surface area contributed by atoms with Crippen molar-refractivity contribution in [2.24, 2.45) is 0 Å². The molecule has 0 bridgehead atoms. The lowest BCUT2D eigenvalue weighted by Gasteiger charge is -2.32. The largest absolute Gasteiger partial charge is 0.379 e. The minimum atomic E-state index is 0.898. The van der Waals surface area contributed by atoms with Gasteiger partial charge in [0.05, 0.1) is 13.2 Å². The molecule has 4 heteroatoms. The van der Waals surface area contributed by atoms with Crippen LogP contribution in [0.4, 0.5) is 0 Å². The minimum Gasteiger partial charge on any atom is -0.379 e. The molecule has 99 valence electrons. The first-order valence-corrected chi connectivity index (χ1v) is 6.90. The molecular weight excluding hydrogens is 214 g/mol. The normalized spacial score (nSPS) is 25.2. The maximum absolute atomic E-state index is 5.34. The highest BCUT2D eigenvalue weighted by atomic mass is 16.5. The third kappa shape index (κ3) is 4.92. The maximum atomic E-state index is 5.34. The molecule has 0 atom stereocenters. The van der Waals surface area contributed by atoms with Gasteiger partial charge in [-0.25, -0.2) is 0 Å². The Morgan fingerprint density at radius 2 is 1.71 bits per heavy atom. The SMILES string of the molecule is CN1CCN(CCC[CH]N2CCOCC2)CC1. The Labute approximate surface area is 105 Å². The van der Waals surface area contributed by atoms with Crippen LogP contribution >= 0.6 is 0 Å². The number of hydrogen-bond acceptors (Lipinski definition) is 4. The molecule has 0 aromatic carbocycles. The van der Waals surface area contributed by atoms with Gasteiger partial charge in [-0.15, -0.1) is 0 Å². The molecule has 2 aliphatic rings. The molecule has 2 fully saturated rings. The smallest absolute Gasteiger partial charge is 0.0594 e. The van der Waals surface area contributed by atoms with Crippen molar-refractivity contribution in [1.82, 2.24) is 14.7 Å². The quantitative estimate of drug-likeness (QED) is 0.652. The van der Waals surface area contributed by atoms with E-state index in [0.717, 1.165) is 26.3 Å². The minimum absolute atomic E-state index is 0.898. The number of piperazine rings is 1. The summed E-state index contributed by atoms with van der Waals surface area (Å²) in [6.45, 7) is 12.5. The van der Waals surface area contributed by atoms with Crippen LogP contribution in [0.2, 0.25) is 0 Å². The third-order valence-corrected chi connectivity index (χ3v) is 3.71. The number of hydrogen-bond donors (Lipinski definition) is 0. The zero-order valence-corrected chi connectivity index (χ0v) is 11.1. The summed E-state index contributed by atoms with van der Waals surface area (Å²) in [6.07, 6.45) is 2.51. The van der Waals surface area contributed by atoms with Gasteiger partial charge < -0.3 is 14.5 Å². The van der Waals surface area contributed by atoms with Gasteiger partial charge in [-0.05, 0) is 26.4 Å². The number of morpholine rings is 1. The lowest BCUT2D eigenvalue weighted by atomic mass is 10.2. The molecule has 0 spiro atoms. The highest BCUT2D eigenvalue weighted by molar-refractivity contribution is 4.73. The summed E-state index contributed by atoms with van der Waals surface area (Å²) in [5.74, 6) is 0. The summed E-state index contributed by atoms with van der Waals surface area (Å²) in [5, 5.41) is 0. The molecule has 0 saturated carbocycles. The second-order valence-corrected chi connectivity index (χ2v) is 5.12. The molecular formula is C13H26N3O. The van der Waals surface area contributed by atoms with Crippen LogP contribution < -0.4 is 0 Å². The van der Waals surface area contributed by atoms with E-state index < -0.39 is 0 Å². The molecule has 0 aromatic rings. The second-order valence-electron chi connectivity index (χ2n) is 5.12. The molecule has 0 N–H and O–H groups in total. The third-order valence-electron chi connectivity index (χ3n) is 3.71. The van der Waals surface area contributed by atoms with E-state index in [1.807, 2.05) is 0 Å². The highest BCUT2D eigenvalue weighted by Gasteiger charge is 2.13. The van der Waals surface area contributed by atoms with Gasteiger partial charge in [-0.1, -0.05) is 0 Å². The number of rotatable bonds is 5. The molecule has 0 aromatic heterocycles. The predicted molar refractivity (Wildman–Crippen MR) is 69.9 cm³/mol. The zero-order valence-electron chi connectivity index (χ0n) is 11.1. The van der Waals surface area contributed by atoms with E-state index in [1.54, 1.807) is 0 Å². The van der Waals surface area contributed by atoms with Crippen molar-refractivity contribution in [2.45, 2.75) is 12.8 Å². The van der Waals surface area contributed by atoms with Crippen molar-refractivity contribution in [1.29, 1.82) is 0 Å². The van der Waals surface area contributed by atoms with E-state index >= 15 is 0 Å². The molecule has 4 nitrogen and oxygen atoms in total. The Morgan fingerprint density at radius 3 is 2.41 bits per heavy atom. The summed E-state index contributed by atoms with van der Waals surface area (Å²) in [4.78, 5) is 7.41. The number of unbranched alkanes of at least 4 members (excludes halogenated alkanes) is 1. The van der Waals surface area contributed by atoms with Gasteiger partial charge >= 0.3 is 0 Å². The number of nitrogens with zero attached hydrogens (tertiary/aromatic N) is 3. The highest BCUT2D eigenvalue weighted by Crippen LogP contribution is 2.06. The monoisotopic (exact) mass is 240 g/mol. The van der Waals surface area contributed by atoms with Gasteiger partial charge in [0.1, 0.15) is 0 Å². The molecule has 2 heterocycles. The maximum Gasteiger partial charge on any atom is 0.0594 e. The lowest BCUT2D eigenvalue weighted by molar-refractivity contribution is 0.0495. The Balaban J connectivity index is 1.48. The first kappa shape index (κ1) is 13.3. The first-order valence-electron chi connectivity index (χ1n) is 6.90. The van der Waals surface area contributed by atoms with Crippen LogP contribution in [0.25, 0.3) is 0 Å². The molecule has 0 unspecified atom stereocenters. The fourth-order valence-corrected chi connectivity index (χ4v) is 2.42. The van der Waals surface area contributed by atoms with Crippen molar-refractivity contribution < 1.29 is 4.74 Å². The van der Waals surface area contributed by atoms with Gasteiger partial charge in [0, 0.05) is 45.8 Å². The Morgan fingerprint density at radius 1 is 1.00 bits per heavy atom. The van der Waals surface area contributed by atoms with Gasteiger partial charge in [0.25, 0.3) is 0 Å². The number of likely N-dealkylation sites (N-methyl/N-ethyl adjacent to an activating group) is 1. The Bertz CT molecular complexity index is 199. The molecule has 0 aliphatic carbocycles. The summed E-state index contributed by atoms with van der Waals surface area (Å²) >= 11 is 0. The molecule has 2 aliphatic heterocycles. The number of ether oxygens (including phenoxy) is 1. The van der Waals surface area contributed by atoms with Gasteiger partial charge in [-0.2, -0.15) is 0 Å². The molecule has 1 radical (unpaired) electrons. The Kier molecular flexibility index (Phi) is 5.71. The van der Waals surface area contributed by atoms with Crippen LogP contribution in [0.15, 0.2) is 0 Å². The van der Waals surface area contributed by atoms with Crippen molar-refractivity contribution in [2.75, 3.05) is 66.1 Å². The van der Waals surface area contributed by atoms with Crippen LogP contribution in [-0.2, 0) is 4.74 Å². The van der Waals surface area contributed by atoms with Crippen molar-refractivity contribution >= 4 is 0 Å². The second kappa shape index (κ2) is 7.31. The fourth-order valence-electron chi connectivity index (χ4n) is 2.42. The zero-order chi connectivity index (χ0) is 11.9. The molecule has 2 saturated heterocycles. The summed E-state index contributed by atoms with van der Waals surface area (Å²) in [7, 11) is 2.21. The van der Waals surface area contributed by atoms with Crippen molar-refractivity contribution in [3.05, 3.63) is 6.54 Å². The van der Waals surface area contributed by atoms with Crippen LogP contribution in [-0.4, -0.2) is 80.8 Å². The van der Waals surface area contributed by atoms with Crippen LogP contribution in [0, 0.1) is 6.54 Å².